The Bertz CT molecular complexity index is 737. The van der Waals surface area contributed by atoms with E-state index in [1.165, 1.54) is 17.5 Å². The topological polar surface area (TPSA) is 77.0 Å². The number of benzene rings is 1. The van der Waals surface area contributed by atoms with Crippen LogP contribution in [0, 0.1) is 6.92 Å². The number of nitrogens with one attached hydrogen (secondary N) is 2. The lowest BCUT2D eigenvalue weighted by atomic mass is 10.1. The van der Waals surface area contributed by atoms with E-state index in [0.29, 0.717) is 19.5 Å². The molecule has 27 heavy (non-hydrogen) atoms. The highest BCUT2D eigenvalue weighted by molar-refractivity contribution is 14.0. The predicted molar refractivity (Wildman–Crippen MR) is 124 cm³/mol. The highest BCUT2D eigenvalue weighted by atomic mass is 127. The Morgan fingerprint density at radius 3 is 2.48 bits per heavy atom. The second kappa shape index (κ2) is 11.3. The lowest BCUT2D eigenvalue weighted by Gasteiger charge is -2.38. The molecule has 0 saturated carbocycles. The quantitative estimate of drug-likeness (QED) is 0.255. The first kappa shape index (κ1) is 24.3. The van der Waals surface area contributed by atoms with Gasteiger partial charge in [-0.1, -0.05) is 17.7 Å². The van der Waals surface area contributed by atoms with E-state index in [4.69, 9.17) is 11.6 Å². The third kappa shape index (κ3) is 8.00. The molecule has 0 spiro atoms. The van der Waals surface area contributed by atoms with Crippen molar-refractivity contribution in [2.75, 3.05) is 57.5 Å². The van der Waals surface area contributed by atoms with E-state index >= 15 is 0 Å². The van der Waals surface area contributed by atoms with Gasteiger partial charge < -0.3 is 15.1 Å². The molecule has 1 aromatic rings. The molecule has 1 aliphatic rings. The smallest absolute Gasteiger partial charge is 0.208 e. The van der Waals surface area contributed by atoms with Crippen LogP contribution in [0.4, 0.5) is 5.69 Å². The standard InChI is InChI=1S/C17H28ClN5O2S.HI/c1-14-5-6-15(18)13-16(14)22-9-11-23(12-10-22)17(19-2)20-7-4-8-21-26(3,24)25;/h5-6,13,21H,4,7-12H2,1-3H3,(H,19,20);1H. The summed E-state index contributed by atoms with van der Waals surface area (Å²) < 4.78 is 24.6. The molecular formula is C17H29ClIN5O2S. The molecule has 0 radical (unpaired) electrons. The fourth-order valence-corrected chi connectivity index (χ4v) is 3.64. The fourth-order valence-electron chi connectivity index (χ4n) is 2.96. The molecule has 1 fully saturated rings. The largest absolute Gasteiger partial charge is 0.368 e. The van der Waals surface area contributed by atoms with Crippen LogP contribution >= 0.6 is 35.6 Å². The molecule has 0 aromatic heterocycles. The van der Waals surface area contributed by atoms with Crippen LogP contribution in [0.15, 0.2) is 23.2 Å². The summed E-state index contributed by atoms with van der Waals surface area (Å²) >= 11 is 6.14. The van der Waals surface area contributed by atoms with Crippen LogP contribution < -0.4 is 14.9 Å². The van der Waals surface area contributed by atoms with Crippen LogP contribution in [0.1, 0.15) is 12.0 Å². The zero-order chi connectivity index (χ0) is 19.2. The van der Waals surface area contributed by atoms with Crippen molar-refractivity contribution in [2.24, 2.45) is 4.99 Å². The average molecular weight is 530 g/mol. The van der Waals surface area contributed by atoms with Gasteiger partial charge in [0.05, 0.1) is 6.26 Å². The molecule has 0 unspecified atom stereocenters. The average Bonchev–Trinajstić information content (AvgIpc) is 2.59. The number of aryl methyl sites for hydroxylation is 1. The Kier molecular flexibility index (Phi) is 10.1. The SMILES string of the molecule is CN=C(NCCCNS(C)(=O)=O)N1CCN(c2cc(Cl)ccc2C)CC1.I. The lowest BCUT2D eigenvalue weighted by Crippen LogP contribution is -2.53. The van der Waals surface area contributed by atoms with Gasteiger partial charge in [-0.05, 0) is 31.0 Å². The van der Waals surface area contributed by atoms with Crippen molar-refractivity contribution < 1.29 is 8.42 Å². The summed E-state index contributed by atoms with van der Waals surface area (Å²) in [7, 11) is -1.35. The minimum atomic E-state index is -3.12. The first-order valence-electron chi connectivity index (χ1n) is 8.71. The van der Waals surface area contributed by atoms with Crippen molar-refractivity contribution in [3.63, 3.8) is 0 Å². The molecular weight excluding hydrogens is 501 g/mol. The van der Waals surface area contributed by atoms with Gasteiger partial charge in [0, 0.05) is 57.0 Å². The second-order valence-electron chi connectivity index (χ2n) is 6.40. The van der Waals surface area contributed by atoms with Crippen molar-refractivity contribution in [1.82, 2.24) is 14.9 Å². The third-order valence-corrected chi connectivity index (χ3v) is 5.27. The van der Waals surface area contributed by atoms with Crippen LogP contribution in [0.2, 0.25) is 5.02 Å². The van der Waals surface area contributed by atoms with Crippen LogP contribution in [-0.4, -0.2) is 71.8 Å². The molecule has 1 saturated heterocycles. The molecule has 1 aliphatic heterocycles. The van der Waals surface area contributed by atoms with Gasteiger partial charge in [-0.3, -0.25) is 4.99 Å². The summed E-state index contributed by atoms with van der Waals surface area (Å²) in [4.78, 5) is 8.91. The third-order valence-electron chi connectivity index (χ3n) is 4.30. The number of rotatable bonds is 6. The van der Waals surface area contributed by atoms with E-state index in [0.717, 1.165) is 37.2 Å². The summed E-state index contributed by atoms with van der Waals surface area (Å²) in [6.45, 7) is 6.73. The first-order valence-corrected chi connectivity index (χ1v) is 11.0. The summed E-state index contributed by atoms with van der Waals surface area (Å²) in [6, 6.07) is 5.99. The van der Waals surface area contributed by atoms with Gasteiger partial charge in [-0.15, -0.1) is 24.0 Å². The van der Waals surface area contributed by atoms with Gasteiger partial charge in [-0.2, -0.15) is 0 Å². The molecule has 1 aromatic carbocycles. The van der Waals surface area contributed by atoms with Crippen molar-refractivity contribution in [2.45, 2.75) is 13.3 Å². The summed E-state index contributed by atoms with van der Waals surface area (Å²) in [5, 5.41) is 4.06. The highest BCUT2D eigenvalue weighted by Crippen LogP contribution is 2.25. The summed E-state index contributed by atoms with van der Waals surface area (Å²) in [6.07, 6.45) is 1.87. The number of piperazine rings is 1. The Morgan fingerprint density at radius 1 is 1.22 bits per heavy atom. The van der Waals surface area contributed by atoms with E-state index in [-0.39, 0.29) is 24.0 Å². The predicted octanol–water partition coefficient (Wildman–Crippen LogP) is 1.90. The van der Waals surface area contributed by atoms with E-state index in [1.54, 1.807) is 7.05 Å². The highest BCUT2D eigenvalue weighted by Gasteiger charge is 2.20. The number of hydrogen-bond donors (Lipinski definition) is 2. The zero-order valence-corrected chi connectivity index (χ0v) is 19.9. The lowest BCUT2D eigenvalue weighted by molar-refractivity contribution is 0.372. The van der Waals surface area contributed by atoms with Crippen molar-refractivity contribution in [3.8, 4) is 0 Å². The Hall–Kier alpha value is -0.780. The monoisotopic (exact) mass is 529 g/mol. The molecule has 0 aliphatic carbocycles. The molecule has 7 nitrogen and oxygen atoms in total. The maximum Gasteiger partial charge on any atom is 0.208 e. The van der Waals surface area contributed by atoms with Crippen LogP contribution in [0.3, 0.4) is 0 Å². The Labute approximate surface area is 184 Å². The molecule has 2 N–H and O–H groups in total. The van der Waals surface area contributed by atoms with Gasteiger partial charge in [0.15, 0.2) is 5.96 Å². The van der Waals surface area contributed by atoms with E-state index in [1.807, 2.05) is 12.1 Å². The van der Waals surface area contributed by atoms with E-state index < -0.39 is 10.0 Å². The summed E-state index contributed by atoms with van der Waals surface area (Å²) in [5.41, 5.74) is 2.41. The van der Waals surface area contributed by atoms with Crippen LogP contribution in [0.25, 0.3) is 0 Å². The molecule has 2 rings (SSSR count). The van der Waals surface area contributed by atoms with Gasteiger partial charge in [0.2, 0.25) is 10.0 Å². The normalized spacial score (nSPS) is 15.5. The van der Waals surface area contributed by atoms with E-state index in [9.17, 15) is 8.42 Å². The van der Waals surface area contributed by atoms with Crippen molar-refractivity contribution >= 4 is 57.2 Å². The molecule has 0 amide bonds. The molecule has 0 bridgehead atoms. The maximum atomic E-state index is 11.0. The first-order chi connectivity index (χ1) is 12.3. The molecule has 0 atom stereocenters. The van der Waals surface area contributed by atoms with Gasteiger partial charge in [-0.25, -0.2) is 13.1 Å². The zero-order valence-electron chi connectivity index (χ0n) is 16.0. The molecule has 10 heteroatoms. The number of halogens is 2. The van der Waals surface area contributed by atoms with Crippen molar-refractivity contribution in [1.29, 1.82) is 0 Å². The fraction of sp³-hybridized carbons (Fsp3) is 0.588. The van der Waals surface area contributed by atoms with Gasteiger partial charge in [0.25, 0.3) is 0 Å². The number of aliphatic imine (C=N–C) groups is 1. The van der Waals surface area contributed by atoms with Gasteiger partial charge in [0.1, 0.15) is 0 Å². The number of guanidine groups is 1. The Morgan fingerprint density at radius 2 is 1.89 bits per heavy atom. The van der Waals surface area contributed by atoms with E-state index in [2.05, 4.69) is 37.8 Å². The number of hydrogen-bond acceptors (Lipinski definition) is 4. The number of sulfonamides is 1. The Balaban J connectivity index is 0.00000364. The molecule has 154 valence electrons. The summed E-state index contributed by atoms with van der Waals surface area (Å²) in [5.74, 6) is 0.854. The minimum absolute atomic E-state index is 0. The van der Waals surface area contributed by atoms with Gasteiger partial charge >= 0.3 is 0 Å². The van der Waals surface area contributed by atoms with Crippen LogP contribution in [-0.2, 0) is 10.0 Å². The second-order valence-corrected chi connectivity index (χ2v) is 8.67. The van der Waals surface area contributed by atoms with Crippen molar-refractivity contribution in [3.05, 3.63) is 28.8 Å². The number of nitrogens with zero attached hydrogens (tertiary/aromatic N) is 3. The maximum absolute atomic E-state index is 11.0. The molecule has 1 heterocycles. The van der Waals surface area contributed by atoms with Crippen LogP contribution in [0.5, 0.6) is 0 Å². The number of anilines is 1. The minimum Gasteiger partial charge on any atom is -0.368 e.